The number of methoxy groups -OCH3 is 1. The summed E-state index contributed by atoms with van der Waals surface area (Å²) in [6.07, 6.45) is 0. The number of amides is 1. The van der Waals surface area contributed by atoms with E-state index < -0.39 is 0 Å². The lowest BCUT2D eigenvalue weighted by atomic mass is 9.88. The van der Waals surface area contributed by atoms with Crippen LogP contribution in [0, 0.1) is 11.7 Å². The molecule has 0 radical (unpaired) electrons. The Morgan fingerprint density at radius 3 is 2.95 bits per heavy atom. The quantitative estimate of drug-likeness (QED) is 0.864. The highest BCUT2D eigenvalue weighted by Gasteiger charge is 2.37. The SMILES string of the molecule is COCCN1C[C@@H](C(N)=O)[C@H](c2cccc(F)c2)C1. The summed E-state index contributed by atoms with van der Waals surface area (Å²) in [7, 11) is 1.64. The van der Waals surface area contributed by atoms with Crippen molar-refractivity contribution in [2.45, 2.75) is 5.92 Å². The zero-order valence-corrected chi connectivity index (χ0v) is 11.0. The van der Waals surface area contributed by atoms with Gasteiger partial charge in [-0.2, -0.15) is 0 Å². The number of halogens is 1. The topological polar surface area (TPSA) is 55.6 Å². The van der Waals surface area contributed by atoms with E-state index in [2.05, 4.69) is 4.90 Å². The van der Waals surface area contributed by atoms with Crippen molar-refractivity contribution in [2.24, 2.45) is 11.7 Å². The van der Waals surface area contributed by atoms with E-state index in [4.69, 9.17) is 10.5 Å². The fourth-order valence-corrected chi connectivity index (χ4v) is 2.65. The van der Waals surface area contributed by atoms with E-state index in [-0.39, 0.29) is 23.6 Å². The second kappa shape index (κ2) is 6.12. The molecule has 1 aliphatic heterocycles. The van der Waals surface area contributed by atoms with Gasteiger partial charge >= 0.3 is 0 Å². The first-order chi connectivity index (χ1) is 9.11. The third-order valence-corrected chi connectivity index (χ3v) is 3.65. The number of carbonyl (C=O) groups is 1. The number of primary amides is 1. The van der Waals surface area contributed by atoms with E-state index in [0.717, 1.165) is 12.1 Å². The number of nitrogens with two attached hydrogens (primary N) is 1. The molecule has 2 rings (SSSR count). The third-order valence-electron chi connectivity index (χ3n) is 3.65. The van der Waals surface area contributed by atoms with E-state index >= 15 is 0 Å². The summed E-state index contributed by atoms with van der Waals surface area (Å²) in [4.78, 5) is 13.7. The number of nitrogens with zero attached hydrogens (tertiary/aromatic N) is 1. The van der Waals surface area contributed by atoms with Crippen LogP contribution in [0.3, 0.4) is 0 Å². The van der Waals surface area contributed by atoms with Crippen LogP contribution in [0.4, 0.5) is 4.39 Å². The minimum absolute atomic E-state index is 0.0370. The average Bonchev–Trinajstić information content (AvgIpc) is 2.80. The normalized spacial score (nSPS) is 23.7. The fourth-order valence-electron chi connectivity index (χ4n) is 2.65. The first-order valence-corrected chi connectivity index (χ1v) is 6.38. The number of rotatable bonds is 5. The summed E-state index contributed by atoms with van der Waals surface area (Å²) in [6.45, 7) is 2.69. The number of benzene rings is 1. The Bertz CT molecular complexity index is 453. The molecule has 0 unspecified atom stereocenters. The lowest BCUT2D eigenvalue weighted by Crippen LogP contribution is -2.30. The van der Waals surface area contributed by atoms with E-state index in [0.29, 0.717) is 19.7 Å². The number of hydrogen-bond acceptors (Lipinski definition) is 3. The molecule has 1 aromatic carbocycles. The Morgan fingerprint density at radius 1 is 1.53 bits per heavy atom. The second-order valence-electron chi connectivity index (χ2n) is 4.92. The predicted molar refractivity (Wildman–Crippen MR) is 70.1 cm³/mol. The van der Waals surface area contributed by atoms with Crippen LogP contribution in [0.1, 0.15) is 11.5 Å². The van der Waals surface area contributed by atoms with Gasteiger partial charge in [0.05, 0.1) is 12.5 Å². The molecule has 0 spiro atoms. The monoisotopic (exact) mass is 266 g/mol. The molecule has 2 N–H and O–H groups in total. The minimum Gasteiger partial charge on any atom is -0.383 e. The molecule has 2 atom stereocenters. The number of ether oxygens (including phenoxy) is 1. The van der Waals surface area contributed by atoms with E-state index in [9.17, 15) is 9.18 Å². The van der Waals surface area contributed by atoms with Crippen LogP contribution >= 0.6 is 0 Å². The lowest BCUT2D eigenvalue weighted by Gasteiger charge is -2.16. The Balaban J connectivity index is 2.15. The highest BCUT2D eigenvalue weighted by molar-refractivity contribution is 5.78. The van der Waals surface area contributed by atoms with Crippen molar-refractivity contribution < 1.29 is 13.9 Å². The van der Waals surface area contributed by atoms with Crippen LogP contribution in [0.5, 0.6) is 0 Å². The van der Waals surface area contributed by atoms with Gasteiger partial charge in [0.15, 0.2) is 0 Å². The Hall–Kier alpha value is -1.46. The molecule has 0 aromatic heterocycles. The van der Waals surface area contributed by atoms with Gasteiger partial charge < -0.3 is 10.5 Å². The van der Waals surface area contributed by atoms with Gasteiger partial charge in [-0.3, -0.25) is 9.69 Å². The van der Waals surface area contributed by atoms with Gasteiger partial charge in [0, 0.05) is 32.7 Å². The highest BCUT2D eigenvalue weighted by atomic mass is 19.1. The summed E-state index contributed by atoms with van der Waals surface area (Å²) >= 11 is 0. The first-order valence-electron chi connectivity index (χ1n) is 6.38. The van der Waals surface area contributed by atoms with Crippen molar-refractivity contribution in [3.63, 3.8) is 0 Å². The van der Waals surface area contributed by atoms with Crippen LogP contribution in [0.15, 0.2) is 24.3 Å². The Morgan fingerprint density at radius 2 is 2.32 bits per heavy atom. The Kier molecular flexibility index (Phi) is 4.50. The van der Waals surface area contributed by atoms with Gasteiger partial charge in [0.2, 0.25) is 5.91 Å². The van der Waals surface area contributed by atoms with Crippen molar-refractivity contribution in [1.82, 2.24) is 4.90 Å². The van der Waals surface area contributed by atoms with Gasteiger partial charge in [-0.05, 0) is 17.7 Å². The summed E-state index contributed by atoms with van der Waals surface area (Å²) in [5, 5.41) is 0. The van der Waals surface area contributed by atoms with Crippen molar-refractivity contribution in [2.75, 3.05) is 33.4 Å². The number of carbonyl (C=O) groups excluding carboxylic acids is 1. The number of likely N-dealkylation sites (tertiary alicyclic amines) is 1. The molecule has 1 aliphatic rings. The molecular formula is C14H19FN2O2. The third kappa shape index (κ3) is 3.30. The maximum atomic E-state index is 13.3. The minimum atomic E-state index is -0.325. The molecule has 4 nitrogen and oxygen atoms in total. The maximum absolute atomic E-state index is 13.3. The molecule has 1 heterocycles. The molecule has 0 bridgehead atoms. The number of hydrogen-bond donors (Lipinski definition) is 1. The van der Waals surface area contributed by atoms with Gasteiger partial charge in [-0.25, -0.2) is 4.39 Å². The van der Waals surface area contributed by atoms with Gasteiger partial charge in [-0.1, -0.05) is 12.1 Å². The molecule has 1 fully saturated rings. The van der Waals surface area contributed by atoms with Crippen molar-refractivity contribution in [3.8, 4) is 0 Å². The smallest absolute Gasteiger partial charge is 0.222 e. The lowest BCUT2D eigenvalue weighted by molar-refractivity contribution is -0.121. The Labute approximate surface area is 112 Å². The van der Waals surface area contributed by atoms with E-state index in [1.54, 1.807) is 13.2 Å². The first kappa shape index (κ1) is 14.0. The van der Waals surface area contributed by atoms with Crippen LogP contribution in [0.25, 0.3) is 0 Å². The molecule has 1 saturated heterocycles. The zero-order valence-electron chi connectivity index (χ0n) is 11.0. The molecule has 5 heteroatoms. The molecule has 104 valence electrons. The van der Waals surface area contributed by atoms with Crippen molar-refractivity contribution in [1.29, 1.82) is 0 Å². The molecule has 19 heavy (non-hydrogen) atoms. The average molecular weight is 266 g/mol. The van der Waals surface area contributed by atoms with Gasteiger partial charge in [0.1, 0.15) is 5.82 Å². The van der Waals surface area contributed by atoms with Gasteiger partial charge in [-0.15, -0.1) is 0 Å². The van der Waals surface area contributed by atoms with Crippen LogP contribution in [0.2, 0.25) is 0 Å². The van der Waals surface area contributed by atoms with Crippen molar-refractivity contribution in [3.05, 3.63) is 35.6 Å². The van der Waals surface area contributed by atoms with Crippen molar-refractivity contribution >= 4 is 5.91 Å². The van der Waals surface area contributed by atoms with Crippen LogP contribution in [-0.4, -0.2) is 44.2 Å². The summed E-state index contributed by atoms with van der Waals surface area (Å²) in [5.41, 5.74) is 6.30. The summed E-state index contributed by atoms with van der Waals surface area (Å²) in [6, 6.07) is 6.41. The molecule has 1 aromatic rings. The standard InChI is InChI=1S/C14H19FN2O2/c1-19-6-5-17-8-12(13(9-17)14(16)18)10-3-2-4-11(15)7-10/h2-4,7,12-13H,5-6,8-9H2,1H3,(H2,16,18)/t12-,13+/m0/s1. The van der Waals surface area contributed by atoms with E-state index in [1.807, 2.05) is 6.07 Å². The van der Waals surface area contributed by atoms with E-state index in [1.165, 1.54) is 12.1 Å². The van der Waals surface area contributed by atoms with Crippen LogP contribution in [-0.2, 0) is 9.53 Å². The largest absolute Gasteiger partial charge is 0.383 e. The highest BCUT2D eigenvalue weighted by Crippen LogP contribution is 2.32. The summed E-state index contributed by atoms with van der Waals surface area (Å²) in [5.74, 6) is -0.908. The molecule has 0 saturated carbocycles. The predicted octanol–water partition coefficient (Wildman–Crippen LogP) is 0.973. The maximum Gasteiger partial charge on any atom is 0.222 e. The molecule has 1 amide bonds. The second-order valence-corrected chi connectivity index (χ2v) is 4.92. The molecule has 0 aliphatic carbocycles. The van der Waals surface area contributed by atoms with Gasteiger partial charge in [0.25, 0.3) is 0 Å². The zero-order chi connectivity index (χ0) is 13.8. The molecular weight excluding hydrogens is 247 g/mol. The van der Waals surface area contributed by atoms with Crippen LogP contribution < -0.4 is 5.73 Å². The fraction of sp³-hybridized carbons (Fsp3) is 0.500. The summed E-state index contributed by atoms with van der Waals surface area (Å²) < 4.78 is 18.3.